The number of phenolic OH excluding ortho intramolecular Hbond substituents is 1. The lowest BCUT2D eigenvalue weighted by atomic mass is 10.1. The Morgan fingerprint density at radius 3 is 2.53 bits per heavy atom. The van der Waals surface area contributed by atoms with Gasteiger partial charge in [0.15, 0.2) is 5.43 Å². The molecule has 0 spiro atoms. The minimum absolute atomic E-state index is 0.0440. The lowest BCUT2D eigenvalue weighted by Crippen LogP contribution is -2.04. The Hall–Kier alpha value is -2.75. The molecule has 0 radical (unpaired) electrons. The Labute approximate surface area is 108 Å². The third kappa shape index (κ3) is 1.93. The van der Waals surface area contributed by atoms with Gasteiger partial charge < -0.3 is 14.6 Å². The summed E-state index contributed by atoms with van der Waals surface area (Å²) in [5.74, 6) is -0.391. The van der Waals surface area contributed by atoms with Crippen molar-refractivity contribution in [2.24, 2.45) is 0 Å². The summed E-state index contributed by atoms with van der Waals surface area (Å²) < 4.78 is 5.53. The molecule has 3 aromatic rings. The second-order valence-corrected chi connectivity index (χ2v) is 4.16. The molecule has 3 rings (SSSR count). The van der Waals surface area contributed by atoms with Gasteiger partial charge >= 0.3 is 0 Å². The molecular formula is C15H9O4-. The summed E-state index contributed by atoms with van der Waals surface area (Å²) in [6, 6.07) is 12.6. The summed E-state index contributed by atoms with van der Waals surface area (Å²) >= 11 is 0. The maximum atomic E-state index is 12.0. The molecule has 0 aliphatic rings. The fraction of sp³-hybridized carbons (Fsp3) is 0. The number of hydrogen-bond acceptors (Lipinski definition) is 4. The van der Waals surface area contributed by atoms with Gasteiger partial charge in [-0.1, -0.05) is 36.1 Å². The minimum atomic E-state index is -0.539. The SMILES string of the molecule is O=c1cc(-c2ccccc2)oc2cc(O)cc([O-])c12. The molecule has 0 aliphatic heterocycles. The van der Waals surface area contributed by atoms with Crippen LogP contribution in [0.1, 0.15) is 0 Å². The van der Waals surface area contributed by atoms with Crippen molar-refractivity contribution in [1.29, 1.82) is 0 Å². The average molecular weight is 253 g/mol. The van der Waals surface area contributed by atoms with E-state index in [9.17, 15) is 15.0 Å². The largest absolute Gasteiger partial charge is 0.872 e. The molecule has 0 atom stereocenters. The van der Waals surface area contributed by atoms with Gasteiger partial charge in [-0.15, -0.1) is 0 Å². The number of benzene rings is 2. The second-order valence-electron chi connectivity index (χ2n) is 4.16. The lowest BCUT2D eigenvalue weighted by Gasteiger charge is -2.10. The van der Waals surface area contributed by atoms with Gasteiger partial charge in [-0.25, -0.2) is 0 Å². The molecule has 19 heavy (non-hydrogen) atoms. The molecule has 0 bridgehead atoms. The van der Waals surface area contributed by atoms with E-state index in [1.165, 1.54) is 12.1 Å². The van der Waals surface area contributed by atoms with Crippen molar-refractivity contribution in [3.8, 4) is 22.8 Å². The van der Waals surface area contributed by atoms with Crippen molar-refractivity contribution >= 4 is 11.0 Å². The van der Waals surface area contributed by atoms with Crippen LogP contribution in [0.25, 0.3) is 22.3 Å². The van der Waals surface area contributed by atoms with Crippen LogP contribution in [0.4, 0.5) is 0 Å². The first-order valence-electron chi connectivity index (χ1n) is 5.68. The van der Waals surface area contributed by atoms with E-state index in [1.807, 2.05) is 18.2 Å². The average Bonchev–Trinajstić information content (AvgIpc) is 2.38. The fourth-order valence-corrected chi connectivity index (χ4v) is 1.98. The highest BCUT2D eigenvalue weighted by Gasteiger charge is 2.08. The summed E-state index contributed by atoms with van der Waals surface area (Å²) in [5.41, 5.74) is 0.416. The minimum Gasteiger partial charge on any atom is -0.872 e. The zero-order valence-corrected chi connectivity index (χ0v) is 9.79. The van der Waals surface area contributed by atoms with Crippen LogP contribution < -0.4 is 10.5 Å². The van der Waals surface area contributed by atoms with Crippen molar-refractivity contribution in [3.63, 3.8) is 0 Å². The molecule has 0 fully saturated rings. The predicted molar refractivity (Wildman–Crippen MR) is 69.0 cm³/mol. The molecule has 1 N–H and O–H groups in total. The van der Waals surface area contributed by atoms with Gasteiger partial charge in [0, 0.05) is 17.7 Å². The molecule has 0 unspecified atom stereocenters. The smallest absolute Gasteiger partial charge is 0.192 e. The van der Waals surface area contributed by atoms with E-state index >= 15 is 0 Å². The molecule has 0 saturated heterocycles. The zero-order chi connectivity index (χ0) is 13.4. The van der Waals surface area contributed by atoms with E-state index < -0.39 is 11.2 Å². The van der Waals surface area contributed by atoms with Crippen molar-refractivity contribution < 1.29 is 14.6 Å². The first-order valence-corrected chi connectivity index (χ1v) is 5.68. The highest BCUT2D eigenvalue weighted by Crippen LogP contribution is 2.28. The van der Waals surface area contributed by atoms with Crippen molar-refractivity contribution in [3.05, 3.63) is 58.8 Å². The standard InChI is InChI=1S/C15H10O4/c16-10-6-11(17)15-12(18)8-13(19-14(15)7-10)9-4-2-1-3-5-9/h1-8,16-17H/p-1. The van der Waals surface area contributed by atoms with Gasteiger partial charge in [0.1, 0.15) is 17.1 Å². The lowest BCUT2D eigenvalue weighted by molar-refractivity contribution is -0.266. The first-order chi connectivity index (χ1) is 9.15. The van der Waals surface area contributed by atoms with Crippen LogP contribution in [0.5, 0.6) is 11.5 Å². The number of rotatable bonds is 1. The monoisotopic (exact) mass is 253 g/mol. The highest BCUT2D eigenvalue weighted by atomic mass is 16.3. The molecule has 1 aromatic heterocycles. The van der Waals surface area contributed by atoms with Crippen LogP contribution in [0.2, 0.25) is 0 Å². The molecular weight excluding hydrogens is 244 g/mol. The third-order valence-corrected chi connectivity index (χ3v) is 2.84. The van der Waals surface area contributed by atoms with E-state index in [-0.39, 0.29) is 16.7 Å². The van der Waals surface area contributed by atoms with E-state index in [0.717, 1.165) is 11.6 Å². The van der Waals surface area contributed by atoms with Gasteiger partial charge in [0.25, 0.3) is 0 Å². The number of phenols is 1. The van der Waals surface area contributed by atoms with E-state index in [1.54, 1.807) is 12.1 Å². The number of fused-ring (bicyclic) bond motifs is 1. The Bertz CT molecular complexity index is 803. The van der Waals surface area contributed by atoms with Crippen molar-refractivity contribution in [2.45, 2.75) is 0 Å². The summed E-state index contributed by atoms with van der Waals surface area (Å²) in [7, 11) is 0. The second kappa shape index (κ2) is 4.17. The van der Waals surface area contributed by atoms with E-state index in [4.69, 9.17) is 4.42 Å². The van der Waals surface area contributed by atoms with Gasteiger partial charge in [0.05, 0.1) is 5.39 Å². The van der Waals surface area contributed by atoms with Crippen LogP contribution in [0, 0.1) is 0 Å². The van der Waals surface area contributed by atoms with Crippen molar-refractivity contribution in [1.82, 2.24) is 0 Å². The van der Waals surface area contributed by atoms with Crippen LogP contribution in [-0.2, 0) is 0 Å². The van der Waals surface area contributed by atoms with Crippen LogP contribution in [0.15, 0.2) is 57.7 Å². The number of aromatic hydroxyl groups is 1. The van der Waals surface area contributed by atoms with Crippen LogP contribution in [0.3, 0.4) is 0 Å². The summed E-state index contributed by atoms with van der Waals surface area (Å²) in [5, 5.41) is 21.0. The maximum absolute atomic E-state index is 12.0. The van der Waals surface area contributed by atoms with Gasteiger partial charge in [-0.3, -0.25) is 4.79 Å². The molecule has 1 heterocycles. The van der Waals surface area contributed by atoms with E-state index in [2.05, 4.69) is 0 Å². The Morgan fingerprint density at radius 2 is 1.79 bits per heavy atom. The summed E-state index contributed by atoms with van der Waals surface area (Å²) in [6.45, 7) is 0. The van der Waals surface area contributed by atoms with Crippen LogP contribution in [-0.4, -0.2) is 5.11 Å². The Kier molecular flexibility index (Phi) is 2.49. The maximum Gasteiger partial charge on any atom is 0.192 e. The molecule has 94 valence electrons. The quantitative estimate of drug-likeness (QED) is 0.721. The number of hydrogen-bond donors (Lipinski definition) is 1. The van der Waals surface area contributed by atoms with E-state index in [0.29, 0.717) is 5.76 Å². The molecule has 4 heteroatoms. The summed E-state index contributed by atoms with van der Waals surface area (Å²) in [4.78, 5) is 12.0. The molecule has 2 aromatic carbocycles. The normalized spacial score (nSPS) is 10.7. The van der Waals surface area contributed by atoms with Gasteiger partial charge in [0.2, 0.25) is 0 Å². The Balaban J connectivity index is 2.34. The predicted octanol–water partition coefficient (Wildman–Crippen LogP) is 2.24. The van der Waals surface area contributed by atoms with Gasteiger partial charge in [-0.05, 0) is 6.07 Å². The third-order valence-electron chi connectivity index (χ3n) is 2.84. The van der Waals surface area contributed by atoms with Crippen molar-refractivity contribution in [2.75, 3.05) is 0 Å². The zero-order valence-electron chi connectivity index (χ0n) is 9.79. The topological polar surface area (TPSA) is 73.5 Å². The fourth-order valence-electron chi connectivity index (χ4n) is 1.98. The van der Waals surface area contributed by atoms with Crippen LogP contribution >= 0.6 is 0 Å². The van der Waals surface area contributed by atoms with Gasteiger partial charge in [-0.2, -0.15) is 0 Å². The highest BCUT2D eigenvalue weighted by molar-refractivity contribution is 5.85. The molecule has 4 nitrogen and oxygen atoms in total. The molecule has 0 amide bonds. The summed E-state index contributed by atoms with van der Waals surface area (Å²) in [6.07, 6.45) is 0. The Morgan fingerprint density at radius 1 is 1.05 bits per heavy atom. The molecule has 0 saturated carbocycles. The molecule has 0 aliphatic carbocycles. The first kappa shape index (κ1) is 11.3.